The predicted molar refractivity (Wildman–Crippen MR) is 92.9 cm³/mol. The van der Waals surface area contributed by atoms with Crippen LogP contribution in [-0.2, 0) is 6.42 Å². The third-order valence-corrected chi connectivity index (χ3v) is 6.14. The minimum atomic E-state index is -0.599. The molecule has 4 atom stereocenters. The van der Waals surface area contributed by atoms with Gasteiger partial charge in [0.1, 0.15) is 23.3 Å². The molecule has 136 valence electrons. The van der Waals surface area contributed by atoms with Gasteiger partial charge >= 0.3 is 0 Å². The minimum Gasteiger partial charge on any atom is -0.207 e. The van der Waals surface area contributed by atoms with Crippen molar-refractivity contribution in [3.8, 4) is 0 Å². The minimum absolute atomic E-state index is 0.00326. The molecule has 0 aliphatic heterocycles. The number of fused-ring (bicyclic) bond motifs is 3. The highest BCUT2D eigenvalue weighted by atomic mass is 19.1. The van der Waals surface area contributed by atoms with E-state index < -0.39 is 23.3 Å². The zero-order valence-corrected chi connectivity index (χ0v) is 14.3. The molecule has 4 heteroatoms. The van der Waals surface area contributed by atoms with Crippen LogP contribution in [0.5, 0.6) is 0 Å². The van der Waals surface area contributed by atoms with Crippen LogP contribution >= 0.6 is 0 Å². The Bertz CT molecular complexity index is 837. The summed E-state index contributed by atoms with van der Waals surface area (Å²) in [6, 6.07) is 6.01. The fourth-order valence-electron chi connectivity index (χ4n) is 5.16. The molecule has 2 aliphatic carbocycles. The summed E-state index contributed by atoms with van der Waals surface area (Å²) in [6.45, 7) is 3.91. The first kappa shape index (κ1) is 17.3. The van der Waals surface area contributed by atoms with Crippen molar-refractivity contribution in [1.29, 1.82) is 0 Å². The van der Waals surface area contributed by atoms with Gasteiger partial charge in [-0.15, -0.1) is 6.58 Å². The maximum absolute atomic E-state index is 14.2. The Morgan fingerprint density at radius 2 is 1.54 bits per heavy atom. The lowest BCUT2D eigenvalue weighted by Crippen LogP contribution is -2.35. The highest BCUT2D eigenvalue weighted by Gasteiger charge is 2.43. The van der Waals surface area contributed by atoms with Gasteiger partial charge in [0.2, 0.25) is 0 Å². The van der Waals surface area contributed by atoms with Crippen molar-refractivity contribution in [2.24, 2.45) is 11.8 Å². The molecular formula is C22H20F4. The molecule has 0 bridgehead atoms. The van der Waals surface area contributed by atoms with Crippen molar-refractivity contribution < 1.29 is 17.6 Å². The maximum Gasteiger partial charge on any atom is 0.129 e. The lowest BCUT2D eigenvalue weighted by molar-refractivity contribution is 0.193. The van der Waals surface area contributed by atoms with E-state index in [1.54, 1.807) is 0 Å². The number of allylic oxidation sites excluding steroid dienone is 1. The number of hydrogen-bond acceptors (Lipinski definition) is 0. The van der Waals surface area contributed by atoms with Crippen molar-refractivity contribution in [2.75, 3.05) is 0 Å². The molecule has 26 heavy (non-hydrogen) atoms. The van der Waals surface area contributed by atoms with Gasteiger partial charge in [0.05, 0.1) is 0 Å². The predicted octanol–water partition coefficient (Wildman–Crippen LogP) is 6.27. The van der Waals surface area contributed by atoms with Crippen LogP contribution in [-0.4, -0.2) is 0 Å². The molecule has 4 rings (SSSR count). The number of hydrogen-bond donors (Lipinski definition) is 0. The molecule has 0 heterocycles. The average Bonchev–Trinajstić information content (AvgIpc) is 2.59. The summed E-state index contributed by atoms with van der Waals surface area (Å²) in [5, 5.41) is 0. The van der Waals surface area contributed by atoms with Gasteiger partial charge in [-0.25, -0.2) is 17.6 Å². The summed E-state index contributed by atoms with van der Waals surface area (Å²) >= 11 is 0. The monoisotopic (exact) mass is 360 g/mol. The molecule has 0 radical (unpaired) electrons. The first-order valence-electron chi connectivity index (χ1n) is 9.04. The summed E-state index contributed by atoms with van der Waals surface area (Å²) in [4.78, 5) is 0. The van der Waals surface area contributed by atoms with Crippen molar-refractivity contribution >= 4 is 0 Å². The van der Waals surface area contributed by atoms with E-state index in [4.69, 9.17) is 0 Å². The van der Waals surface area contributed by atoms with Crippen LogP contribution in [0.15, 0.2) is 43.0 Å². The van der Waals surface area contributed by atoms with Crippen LogP contribution in [0.25, 0.3) is 0 Å². The van der Waals surface area contributed by atoms with Crippen molar-refractivity contribution in [1.82, 2.24) is 0 Å². The highest BCUT2D eigenvalue weighted by molar-refractivity contribution is 5.38. The summed E-state index contributed by atoms with van der Waals surface area (Å²) < 4.78 is 55.7. The number of benzene rings is 2. The second-order valence-corrected chi connectivity index (χ2v) is 7.47. The molecule has 0 unspecified atom stereocenters. The number of rotatable bonds is 2. The van der Waals surface area contributed by atoms with E-state index in [1.165, 1.54) is 18.2 Å². The van der Waals surface area contributed by atoms with Crippen LogP contribution in [0, 0.1) is 35.1 Å². The van der Waals surface area contributed by atoms with Gasteiger partial charge in [-0.2, -0.15) is 0 Å². The van der Waals surface area contributed by atoms with E-state index in [0.717, 1.165) is 30.5 Å². The second-order valence-electron chi connectivity index (χ2n) is 7.47. The standard InChI is InChI=1S/C22H20F4/c1-2-12-3-4-17-19(22(12)13-7-14(23)9-15(24)8-13)6-5-18-20(17)10-16(25)11-21(18)26/h2,7-12,17,19,22H,1,3-6H2/t12-,17-,19+,22-/m1/s1. The molecule has 0 nitrogen and oxygen atoms in total. The van der Waals surface area contributed by atoms with Gasteiger partial charge in [-0.3, -0.25) is 0 Å². The summed E-state index contributed by atoms with van der Waals surface area (Å²) in [5.41, 5.74) is 1.93. The summed E-state index contributed by atoms with van der Waals surface area (Å²) in [6.07, 6.45) is 4.66. The lowest BCUT2D eigenvalue weighted by atomic mass is 9.58. The van der Waals surface area contributed by atoms with Gasteiger partial charge in [-0.05, 0) is 84.2 Å². The van der Waals surface area contributed by atoms with Gasteiger partial charge < -0.3 is 0 Å². The van der Waals surface area contributed by atoms with Crippen LogP contribution < -0.4 is 0 Å². The fourth-order valence-corrected chi connectivity index (χ4v) is 5.16. The Labute approximate surface area is 150 Å². The van der Waals surface area contributed by atoms with Crippen LogP contribution in [0.1, 0.15) is 47.8 Å². The van der Waals surface area contributed by atoms with Crippen LogP contribution in [0.4, 0.5) is 17.6 Å². The quantitative estimate of drug-likeness (QED) is 0.437. The molecule has 2 aromatic rings. The van der Waals surface area contributed by atoms with E-state index in [-0.39, 0.29) is 23.7 Å². The van der Waals surface area contributed by atoms with E-state index in [1.807, 2.05) is 6.08 Å². The molecule has 0 N–H and O–H groups in total. The van der Waals surface area contributed by atoms with Crippen LogP contribution in [0.3, 0.4) is 0 Å². The topological polar surface area (TPSA) is 0 Å². The second kappa shape index (κ2) is 6.57. The zero-order chi connectivity index (χ0) is 18.4. The molecule has 0 spiro atoms. The molecule has 0 aromatic heterocycles. The molecule has 0 amide bonds. The van der Waals surface area contributed by atoms with Gasteiger partial charge in [-0.1, -0.05) is 6.08 Å². The fraction of sp³-hybridized carbons (Fsp3) is 0.364. The normalized spacial score (nSPS) is 27.5. The van der Waals surface area contributed by atoms with Crippen molar-refractivity contribution in [3.63, 3.8) is 0 Å². The third kappa shape index (κ3) is 2.85. The Hall–Kier alpha value is -2.10. The van der Waals surface area contributed by atoms with Gasteiger partial charge in [0.25, 0.3) is 0 Å². The van der Waals surface area contributed by atoms with Gasteiger partial charge in [0, 0.05) is 12.1 Å². The van der Waals surface area contributed by atoms with E-state index in [2.05, 4.69) is 6.58 Å². The smallest absolute Gasteiger partial charge is 0.129 e. The largest absolute Gasteiger partial charge is 0.207 e. The Kier molecular flexibility index (Phi) is 4.37. The van der Waals surface area contributed by atoms with Crippen LogP contribution in [0.2, 0.25) is 0 Å². The van der Waals surface area contributed by atoms with E-state index in [0.29, 0.717) is 24.0 Å². The molecular weight excluding hydrogens is 340 g/mol. The Morgan fingerprint density at radius 1 is 0.846 bits per heavy atom. The third-order valence-electron chi connectivity index (χ3n) is 6.14. The molecule has 2 aromatic carbocycles. The maximum atomic E-state index is 14.2. The molecule has 1 saturated carbocycles. The highest BCUT2D eigenvalue weighted by Crippen LogP contribution is 2.54. The Morgan fingerprint density at radius 3 is 2.23 bits per heavy atom. The van der Waals surface area contributed by atoms with Gasteiger partial charge in [0.15, 0.2) is 0 Å². The average molecular weight is 360 g/mol. The molecule has 1 fully saturated rings. The molecule has 2 aliphatic rings. The van der Waals surface area contributed by atoms with Crippen molar-refractivity contribution in [2.45, 2.75) is 37.5 Å². The first-order chi connectivity index (χ1) is 12.5. The summed E-state index contributed by atoms with van der Waals surface area (Å²) in [7, 11) is 0. The zero-order valence-electron chi connectivity index (χ0n) is 14.3. The number of halogens is 4. The van der Waals surface area contributed by atoms with E-state index >= 15 is 0 Å². The van der Waals surface area contributed by atoms with E-state index in [9.17, 15) is 17.6 Å². The summed E-state index contributed by atoms with van der Waals surface area (Å²) in [5.74, 6) is -2.18. The SMILES string of the molecule is C=C[C@@H]1CC[C@H]2c3cc(F)cc(F)c3CC[C@@H]2[C@H]1c1cc(F)cc(F)c1. The lowest BCUT2D eigenvalue weighted by Gasteiger charge is -2.46. The Balaban J connectivity index is 1.80. The van der Waals surface area contributed by atoms with Crippen molar-refractivity contribution in [3.05, 3.63) is 82.9 Å². The molecule has 0 saturated heterocycles. The first-order valence-corrected chi connectivity index (χ1v) is 9.04.